The SMILES string of the molecule is NNC(c1ccc(Cl)c(Cl)c1)C1CCCCCC1. The number of halogens is 2. The number of nitrogens with two attached hydrogens (primary N) is 1. The van der Waals surface area contributed by atoms with Crippen LogP contribution in [0, 0.1) is 5.92 Å². The maximum absolute atomic E-state index is 6.09. The van der Waals surface area contributed by atoms with Crippen LogP contribution < -0.4 is 11.3 Å². The summed E-state index contributed by atoms with van der Waals surface area (Å²) < 4.78 is 0. The van der Waals surface area contributed by atoms with Crippen molar-refractivity contribution < 1.29 is 0 Å². The zero-order valence-electron chi connectivity index (χ0n) is 10.5. The molecule has 1 aliphatic rings. The highest BCUT2D eigenvalue weighted by molar-refractivity contribution is 6.42. The Hall–Kier alpha value is -0.280. The van der Waals surface area contributed by atoms with Crippen LogP contribution in [-0.2, 0) is 0 Å². The summed E-state index contributed by atoms with van der Waals surface area (Å²) in [5.74, 6) is 6.34. The quantitative estimate of drug-likeness (QED) is 0.489. The van der Waals surface area contributed by atoms with Gasteiger partial charge < -0.3 is 0 Å². The van der Waals surface area contributed by atoms with Crippen molar-refractivity contribution in [1.29, 1.82) is 0 Å². The van der Waals surface area contributed by atoms with E-state index in [1.54, 1.807) is 0 Å². The maximum atomic E-state index is 6.09. The molecule has 0 radical (unpaired) electrons. The standard InChI is InChI=1S/C14H20Cl2N2/c15-12-8-7-11(9-13(12)16)14(18-17)10-5-3-1-2-4-6-10/h7-10,14,18H,1-6,17H2. The fourth-order valence-electron chi connectivity index (χ4n) is 2.85. The third kappa shape index (κ3) is 3.39. The van der Waals surface area contributed by atoms with Crippen molar-refractivity contribution in [1.82, 2.24) is 5.43 Å². The van der Waals surface area contributed by atoms with Gasteiger partial charge >= 0.3 is 0 Å². The second-order valence-corrected chi connectivity index (χ2v) is 5.88. The normalized spacial score (nSPS) is 19.5. The van der Waals surface area contributed by atoms with E-state index in [9.17, 15) is 0 Å². The molecule has 0 aliphatic heterocycles. The lowest BCUT2D eigenvalue weighted by molar-refractivity contribution is 0.329. The highest BCUT2D eigenvalue weighted by Gasteiger charge is 2.23. The summed E-state index contributed by atoms with van der Waals surface area (Å²) in [6.07, 6.45) is 7.74. The smallest absolute Gasteiger partial charge is 0.0595 e. The first-order valence-electron chi connectivity index (χ1n) is 6.63. The van der Waals surface area contributed by atoms with Gasteiger partial charge in [-0.3, -0.25) is 11.3 Å². The van der Waals surface area contributed by atoms with E-state index in [1.165, 1.54) is 38.5 Å². The minimum absolute atomic E-state index is 0.179. The second-order valence-electron chi connectivity index (χ2n) is 5.07. The molecule has 1 fully saturated rings. The molecule has 100 valence electrons. The average molecular weight is 287 g/mol. The fraction of sp³-hybridized carbons (Fsp3) is 0.571. The Kier molecular flexibility index (Phi) is 5.31. The molecule has 2 rings (SSSR count). The van der Waals surface area contributed by atoms with Crippen LogP contribution in [0.1, 0.15) is 50.1 Å². The Bertz CT molecular complexity index is 387. The molecule has 2 nitrogen and oxygen atoms in total. The lowest BCUT2D eigenvalue weighted by atomic mass is 9.87. The van der Waals surface area contributed by atoms with E-state index in [2.05, 4.69) is 5.43 Å². The monoisotopic (exact) mass is 286 g/mol. The molecule has 0 saturated heterocycles. The molecule has 0 bridgehead atoms. The number of rotatable bonds is 3. The Labute approximate surface area is 119 Å². The molecule has 18 heavy (non-hydrogen) atoms. The van der Waals surface area contributed by atoms with E-state index < -0.39 is 0 Å². The van der Waals surface area contributed by atoms with E-state index in [0.29, 0.717) is 16.0 Å². The second kappa shape index (κ2) is 6.76. The number of hydrogen-bond acceptors (Lipinski definition) is 2. The molecule has 1 aromatic carbocycles. The van der Waals surface area contributed by atoms with E-state index >= 15 is 0 Å². The third-order valence-electron chi connectivity index (χ3n) is 3.85. The summed E-state index contributed by atoms with van der Waals surface area (Å²) in [7, 11) is 0. The Morgan fingerprint density at radius 3 is 2.28 bits per heavy atom. The largest absolute Gasteiger partial charge is 0.271 e. The number of benzene rings is 1. The molecular weight excluding hydrogens is 267 g/mol. The van der Waals surface area contributed by atoms with Gasteiger partial charge in [-0.25, -0.2) is 0 Å². The Balaban J connectivity index is 2.17. The van der Waals surface area contributed by atoms with Crippen LogP contribution in [0.2, 0.25) is 10.0 Å². The van der Waals surface area contributed by atoms with Crippen LogP contribution in [0.3, 0.4) is 0 Å². The van der Waals surface area contributed by atoms with E-state index in [0.717, 1.165) is 5.56 Å². The molecule has 0 amide bonds. The van der Waals surface area contributed by atoms with Crippen LogP contribution in [0.4, 0.5) is 0 Å². The zero-order valence-corrected chi connectivity index (χ0v) is 12.0. The molecule has 0 heterocycles. The summed E-state index contributed by atoms with van der Waals surface area (Å²) in [6, 6.07) is 5.97. The van der Waals surface area contributed by atoms with Gasteiger partial charge in [0.15, 0.2) is 0 Å². The van der Waals surface area contributed by atoms with Crippen molar-refractivity contribution in [3.63, 3.8) is 0 Å². The highest BCUT2D eigenvalue weighted by Crippen LogP contribution is 2.35. The van der Waals surface area contributed by atoms with Gasteiger partial charge in [-0.2, -0.15) is 0 Å². The van der Waals surface area contributed by atoms with Gasteiger partial charge in [0.2, 0.25) is 0 Å². The lowest BCUT2D eigenvalue weighted by Crippen LogP contribution is -2.33. The summed E-state index contributed by atoms with van der Waals surface area (Å²) in [5, 5.41) is 1.19. The predicted octanol–water partition coefficient (Wildman–Crippen LogP) is 4.47. The van der Waals surface area contributed by atoms with Crippen molar-refractivity contribution in [3.05, 3.63) is 33.8 Å². The molecule has 1 aliphatic carbocycles. The molecular formula is C14H20Cl2N2. The number of hydrogen-bond donors (Lipinski definition) is 2. The average Bonchev–Trinajstić information content (AvgIpc) is 2.64. The van der Waals surface area contributed by atoms with Gasteiger partial charge in [-0.05, 0) is 36.5 Å². The molecule has 4 heteroatoms. The van der Waals surface area contributed by atoms with E-state index in [-0.39, 0.29) is 6.04 Å². The Morgan fingerprint density at radius 1 is 1.06 bits per heavy atom. The van der Waals surface area contributed by atoms with Crippen LogP contribution >= 0.6 is 23.2 Å². The molecule has 3 N–H and O–H groups in total. The summed E-state index contributed by atoms with van der Waals surface area (Å²) in [5.41, 5.74) is 4.10. The lowest BCUT2D eigenvalue weighted by Gasteiger charge is -2.26. The van der Waals surface area contributed by atoms with E-state index in [1.807, 2.05) is 18.2 Å². The first kappa shape index (κ1) is 14.1. The molecule has 1 saturated carbocycles. The third-order valence-corrected chi connectivity index (χ3v) is 4.59. The molecule has 1 unspecified atom stereocenters. The van der Waals surface area contributed by atoms with Crippen molar-refractivity contribution in [2.24, 2.45) is 11.8 Å². The summed E-state index contributed by atoms with van der Waals surface area (Å²) in [6.45, 7) is 0. The van der Waals surface area contributed by atoms with Crippen molar-refractivity contribution in [2.75, 3.05) is 0 Å². The minimum Gasteiger partial charge on any atom is -0.271 e. The molecule has 0 spiro atoms. The number of nitrogens with one attached hydrogen (secondary N) is 1. The van der Waals surface area contributed by atoms with Crippen LogP contribution in [-0.4, -0.2) is 0 Å². The first-order chi connectivity index (χ1) is 8.72. The fourth-order valence-corrected chi connectivity index (χ4v) is 3.16. The first-order valence-corrected chi connectivity index (χ1v) is 7.39. The maximum Gasteiger partial charge on any atom is 0.0595 e. The molecule has 1 atom stereocenters. The minimum atomic E-state index is 0.179. The molecule has 1 aromatic rings. The van der Waals surface area contributed by atoms with Crippen LogP contribution in [0.15, 0.2) is 18.2 Å². The van der Waals surface area contributed by atoms with E-state index in [4.69, 9.17) is 29.0 Å². The highest BCUT2D eigenvalue weighted by atomic mass is 35.5. The Morgan fingerprint density at radius 2 is 1.72 bits per heavy atom. The van der Waals surface area contributed by atoms with Crippen molar-refractivity contribution in [3.8, 4) is 0 Å². The zero-order chi connectivity index (χ0) is 13.0. The van der Waals surface area contributed by atoms with Crippen LogP contribution in [0.5, 0.6) is 0 Å². The van der Waals surface area contributed by atoms with Crippen molar-refractivity contribution in [2.45, 2.75) is 44.6 Å². The van der Waals surface area contributed by atoms with Gasteiger partial charge in [0.1, 0.15) is 0 Å². The van der Waals surface area contributed by atoms with Gasteiger partial charge in [0, 0.05) is 6.04 Å². The van der Waals surface area contributed by atoms with Crippen LogP contribution in [0.25, 0.3) is 0 Å². The van der Waals surface area contributed by atoms with Crippen molar-refractivity contribution >= 4 is 23.2 Å². The summed E-state index contributed by atoms with van der Waals surface area (Å²) >= 11 is 12.0. The topological polar surface area (TPSA) is 38.0 Å². The van der Waals surface area contributed by atoms with Gasteiger partial charge in [-0.15, -0.1) is 0 Å². The molecule has 0 aromatic heterocycles. The number of hydrazine groups is 1. The predicted molar refractivity (Wildman–Crippen MR) is 77.7 cm³/mol. The van der Waals surface area contributed by atoms with Gasteiger partial charge in [0.25, 0.3) is 0 Å². The van der Waals surface area contributed by atoms with Gasteiger partial charge in [0.05, 0.1) is 10.0 Å². The van der Waals surface area contributed by atoms with Gasteiger partial charge in [-0.1, -0.05) is 55.0 Å². The summed E-state index contributed by atoms with van der Waals surface area (Å²) in [4.78, 5) is 0.